The van der Waals surface area contributed by atoms with Gasteiger partial charge >= 0.3 is 0 Å². The molecule has 0 saturated heterocycles. The molecule has 0 radical (unpaired) electrons. The van der Waals surface area contributed by atoms with Gasteiger partial charge in [-0.15, -0.1) is 0 Å². The molecule has 3 rings (SSSR count). The first-order valence-corrected chi connectivity index (χ1v) is 6.41. The number of aliphatic hydroxyl groups is 1. The zero-order valence-electron chi connectivity index (χ0n) is 10.8. The van der Waals surface area contributed by atoms with Crippen LogP contribution in [0.1, 0.15) is 25.0 Å². The van der Waals surface area contributed by atoms with E-state index in [2.05, 4.69) is 38.1 Å². The molecular formula is C17H18O. The Kier molecular flexibility index (Phi) is 2.36. The highest BCUT2D eigenvalue weighted by atomic mass is 16.3. The molecule has 1 aliphatic carbocycles. The minimum Gasteiger partial charge on any atom is -0.391 e. The lowest BCUT2D eigenvalue weighted by Crippen LogP contribution is -2.15. The maximum absolute atomic E-state index is 10.5. The standard InChI is InChI=1S/C17H18O/c1-16(13-9-5-3-6-10-13)15(18)17(16,2)14-11-7-4-8-12-14/h3-12,15,18H,1-2H3/t16-,17-/m1/s1. The van der Waals surface area contributed by atoms with Crippen molar-refractivity contribution in [3.05, 3.63) is 71.8 Å². The predicted molar refractivity (Wildman–Crippen MR) is 73.6 cm³/mol. The molecule has 2 aromatic rings. The molecule has 0 unspecified atom stereocenters. The summed E-state index contributed by atoms with van der Waals surface area (Å²) in [5, 5.41) is 10.5. The Bertz CT molecular complexity index is 497. The van der Waals surface area contributed by atoms with Crippen molar-refractivity contribution in [3.8, 4) is 0 Å². The lowest BCUT2D eigenvalue weighted by Gasteiger charge is -2.18. The molecule has 0 bridgehead atoms. The first-order chi connectivity index (χ1) is 8.62. The number of benzene rings is 2. The number of hydrogen-bond donors (Lipinski definition) is 1. The fraction of sp³-hybridized carbons (Fsp3) is 0.294. The van der Waals surface area contributed by atoms with Crippen molar-refractivity contribution >= 4 is 0 Å². The van der Waals surface area contributed by atoms with Crippen LogP contribution in [-0.4, -0.2) is 11.2 Å². The van der Waals surface area contributed by atoms with E-state index in [1.54, 1.807) is 0 Å². The van der Waals surface area contributed by atoms with Gasteiger partial charge < -0.3 is 5.11 Å². The average Bonchev–Trinajstić information content (AvgIpc) is 2.90. The van der Waals surface area contributed by atoms with Crippen molar-refractivity contribution < 1.29 is 5.11 Å². The van der Waals surface area contributed by atoms with Crippen molar-refractivity contribution in [3.63, 3.8) is 0 Å². The normalized spacial score (nSPS) is 34.3. The second-order valence-corrected chi connectivity index (χ2v) is 5.54. The van der Waals surface area contributed by atoms with Gasteiger partial charge in [-0.05, 0) is 11.1 Å². The third kappa shape index (κ3) is 1.25. The highest BCUT2D eigenvalue weighted by molar-refractivity contribution is 5.52. The Hall–Kier alpha value is -1.60. The van der Waals surface area contributed by atoms with Crippen molar-refractivity contribution in [2.45, 2.75) is 30.8 Å². The first kappa shape index (κ1) is 11.5. The van der Waals surface area contributed by atoms with Crippen molar-refractivity contribution in [1.82, 2.24) is 0 Å². The van der Waals surface area contributed by atoms with E-state index in [1.165, 1.54) is 11.1 Å². The highest BCUT2D eigenvalue weighted by Crippen LogP contribution is 2.64. The molecule has 0 aliphatic heterocycles. The zero-order valence-corrected chi connectivity index (χ0v) is 10.8. The number of aliphatic hydroxyl groups excluding tert-OH is 1. The minimum absolute atomic E-state index is 0.185. The zero-order chi connectivity index (χ0) is 12.8. The van der Waals surface area contributed by atoms with Gasteiger partial charge in [-0.2, -0.15) is 0 Å². The van der Waals surface area contributed by atoms with E-state index in [0.29, 0.717) is 0 Å². The Labute approximate surface area is 108 Å². The van der Waals surface area contributed by atoms with Crippen LogP contribution in [0.3, 0.4) is 0 Å². The fourth-order valence-electron chi connectivity index (χ4n) is 3.26. The highest BCUT2D eigenvalue weighted by Gasteiger charge is 2.72. The Morgan fingerprint density at radius 1 is 0.722 bits per heavy atom. The maximum Gasteiger partial charge on any atom is 0.0746 e. The summed E-state index contributed by atoms with van der Waals surface area (Å²) in [5.74, 6) is 0. The SMILES string of the molecule is C[C@@]1(c2ccccc2)C(O)[C@@]1(C)c1ccccc1. The summed E-state index contributed by atoms with van der Waals surface area (Å²) in [7, 11) is 0. The quantitative estimate of drug-likeness (QED) is 0.851. The molecule has 1 aliphatic rings. The van der Waals surface area contributed by atoms with E-state index >= 15 is 0 Å². The van der Waals surface area contributed by atoms with Crippen LogP contribution in [0.2, 0.25) is 0 Å². The molecule has 0 spiro atoms. The van der Waals surface area contributed by atoms with E-state index in [-0.39, 0.29) is 16.9 Å². The van der Waals surface area contributed by atoms with Crippen molar-refractivity contribution in [2.75, 3.05) is 0 Å². The molecule has 1 heteroatoms. The largest absolute Gasteiger partial charge is 0.391 e. The monoisotopic (exact) mass is 238 g/mol. The third-order valence-corrected chi connectivity index (χ3v) is 4.84. The number of rotatable bonds is 2. The van der Waals surface area contributed by atoms with Crippen LogP contribution in [0.25, 0.3) is 0 Å². The van der Waals surface area contributed by atoms with Crippen LogP contribution in [-0.2, 0) is 10.8 Å². The Balaban J connectivity index is 2.07. The van der Waals surface area contributed by atoms with E-state index < -0.39 is 0 Å². The van der Waals surface area contributed by atoms with Gasteiger partial charge in [0.1, 0.15) is 0 Å². The predicted octanol–water partition coefficient (Wildman–Crippen LogP) is 3.28. The molecule has 18 heavy (non-hydrogen) atoms. The van der Waals surface area contributed by atoms with Gasteiger partial charge in [-0.1, -0.05) is 74.5 Å². The van der Waals surface area contributed by atoms with Crippen LogP contribution < -0.4 is 0 Å². The van der Waals surface area contributed by atoms with E-state index in [0.717, 1.165) is 0 Å². The lowest BCUT2D eigenvalue weighted by molar-refractivity contribution is 0.238. The molecule has 0 amide bonds. The lowest BCUT2D eigenvalue weighted by atomic mass is 9.84. The van der Waals surface area contributed by atoms with Gasteiger partial charge in [0, 0.05) is 10.8 Å². The van der Waals surface area contributed by atoms with Gasteiger partial charge in [-0.3, -0.25) is 0 Å². The van der Waals surface area contributed by atoms with Gasteiger partial charge in [-0.25, -0.2) is 0 Å². The van der Waals surface area contributed by atoms with E-state index in [1.807, 2.05) is 36.4 Å². The summed E-state index contributed by atoms with van der Waals surface area (Å²) < 4.78 is 0. The van der Waals surface area contributed by atoms with Crippen LogP contribution in [0.15, 0.2) is 60.7 Å². The van der Waals surface area contributed by atoms with Gasteiger partial charge in [0.05, 0.1) is 6.10 Å². The van der Waals surface area contributed by atoms with Crippen LogP contribution >= 0.6 is 0 Å². The maximum atomic E-state index is 10.5. The minimum atomic E-state index is -0.324. The van der Waals surface area contributed by atoms with Crippen LogP contribution in [0.5, 0.6) is 0 Å². The summed E-state index contributed by atoms with van der Waals surface area (Å²) in [6.45, 7) is 4.31. The second kappa shape index (κ2) is 3.69. The van der Waals surface area contributed by atoms with Gasteiger partial charge in [0.15, 0.2) is 0 Å². The molecular weight excluding hydrogens is 220 g/mol. The molecule has 0 aromatic heterocycles. The third-order valence-electron chi connectivity index (χ3n) is 4.84. The molecule has 2 aromatic carbocycles. The molecule has 2 atom stereocenters. The Morgan fingerprint density at radius 2 is 1.06 bits per heavy atom. The summed E-state index contributed by atoms with van der Waals surface area (Å²) in [5.41, 5.74) is 2.05. The summed E-state index contributed by atoms with van der Waals surface area (Å²) in [6.07, 6.45) is -0.324. The topological polar surface area (TPSA) is 20.2 Å². The summed E-state index contributed by atoms with van der Waals surface area (Å²) in [6, 6.07) is 20.6. The van der Waals surface area contributed by atoms with E-state index in [4.69, 9.17) is 0 Å². The molecule has 1 fully saturated rings. The summed E-state index contributed by atoms with van der Waals surface area (Å²) >= 11 is 0. The Morgan fingerprint density at radius 3 is 1.39 bits per heavy atom. The van der Waals surface area contributed by atoms with Gasteiger partial charge in [0.25, 0.3) is 0 Å². The first-order valence-electron chi connectivity index (χ1n) is 6.41. The van der Waals surface area contributed by atoms with Crippen LogP contribution in [0, 0.1) is 0 Å². The summed E-state index contributed by atoms with van der Waals surface area (Å²) in [4.78, 5) is 0. The number of hydrogen-bond acceptors (Lipinski definition) is 1. The second-order valence-electron chi connectivity index (χ2n) is 5.54. The molecule has 1 nitrogen and oxygen atoms in total. The van der Waals surface area contributed by atoms with Crippen molar-refractivity contribution in [2.24, 2.45) is 0 Å². The van der Waals surface area contributed by atoms with Gasteiger partial charge in [0.2, 0.25) is 0 Å². The molecule has 0 heterocycles. The van der Waals surface area contributed by atoms with Crippen molar-refractivity contribution in [1.29, 1.82) is 0 Å². The smallest absolute Gasteiger partial charge is 0.0746 e. The molecule has 1 N–H and O–H groups in total. The van der Waals surface area contributed by atoms with Crippen LogP contribution in [0.4, 0.5) is 0 Å². The fourth-order valence-corrected chi connectivity index (χ4v) is 3.26. The molecule has 1 saturated carbocycles. The average molecular weight is 238 g/mol. The van der Waals surface area contributed by atoms with E-state index in [9.17, 15) is 5.11 Å². The molecule has 92 valence electrons.